The topological polar surface area (TPSA) is 49.7 Å². The highest BCUT2D eigenvalue weighted by molar-refractivity contribution is 4.72. The fraction of sp³-hybridized carbons (Fsp3) is 1.00. The minimum atomic E-state index is -0.377. The van der Waals surface area contributed by atoms with Crippen LogP contribution in [0.4, 0.5) is 0 Å². The van der Waals surface area contributed by atoms with Gasteiger partial charge >= 0.3 is 0 Å². The summed E-state index contributed by atoms with van der Waals surface area (Å²) in [5, 5.41) is 18.1. The van der Waals surface area contributed by atoms with Crippen molar-refractivity contribution in [1.82, 2.24) is 0 Å². The van der Waals surface area contributed by atoms with Gasteiger partial charge in [-0.05, 0) is 32.1 Å². The number of hydrogen-bond donors (Lipinski definition) is 2. The van der Waals surface area contributed by atoms with Crippen LogP contribution in [0.3, 0.4) is 0 Å². The number of aliphatic hydroxyl groups excluding tert-OH is 2. The van der Waals surface area contributed by atoms with Gasteiger partial charge in [-0.1, -0.05) is 0 Å². The summed E-state index contributed by atoms with van der Waals surface area (Å²) in [5.74, 6) is 0. The van der Waals surface area contributed by atoms with Crippen LogP contribution < -0.4 is 0 Å². The second kappa shape index (κ2) is 5.51. The summed E-state index contributed by atoms with van der Waals surface area (Å²) in [4.78, 5) is 0. The summed E-state index contributed by atoms with van der Waals surface area (Å²) in [6, 6.07) is 0. The maximum Gasteiger partial charge on any atom is 0.0833 e. The van der Waals surface area contributed by atoms with Crippen LogP contribution in [0.15, 0.2) is 0 Å². The zero-order chi connectivity index (χ0) is 8.81. The summed E-state index contributed by atoms with van der Waals surface area (Å²) in [6.07, 6.45) is 4.20. The largest absolute Gasteiger partial charge is 0.396 e. The van der Waals surface area contributed by atoms with Crippen molar-refractivity contribution in [2.75, 3.05) is 13.2 Å². The van der Waals surface area contributed by atoms with Crippen molar-refractivity contribution in [3.05, 3.63) is 0 Å². The van der Waals surface area contributed by atoms with Crippen molar-refractivity contribution >= 4 is 0 Å². The lowest BCUT2D eigenvalue weighted by Crippen LogP contribution is -2.32. The van der Waals surface area contributed by atoms with Gasteiger partial charge in [-0.3, -0.25) is 0 Å². The van der Waals surface area contributed by atoms with E-state index in [1.807, 2.05) is 0 Å². The molecule has 2 N–H and O–H groups in total. The lowest BCUT2D eigenvalue weighted by Gasteiger charge is -2.26. The van der Waals surface area contributed by atoms with Crippen LogP contribution >= 0.6 is 0 Å². The zero-order valence-electron chi connectivity index (χ0n) is 7.41. The van der Waals surface area contributed by atoms with Crippen molar-refractivity contribution < 1.29 is 14.9 Å². The van der Waals surface area contributed by atoms with Gasteiger partial charge < -0.3 is 14.9 Å². The van der Waals surface area contributed by atoms with Gasteiger partial charge in [0.15, 0.2) is 0 Å². The SMILES string of the molecule is OCCCC(O)C1CCCCO1. The molecule has 0 radical (unpaired) electrons. The normalized spacial score (nSPS) is 27.0. The Kier molecular flexibility index (Phi) is 4.58. The standard InChI is InChI=1S/C9H18O3/c10-6-3-4-8(11)9-5-1-2-7-12-9/h8-11H,1-7H2. The van der Waals surface area contributed by atoms with E-state index in [4.69, 9.17) is 9.84 Å². The lowest BCUT2D eigenvalue weighted by atomic mass is 10.0. The Morgan fingerprint density at radius 2 is 2.25 bits per heavy atom. The monoisotopic (exact) mass is 174 g/mol. The smallest absolute Gasteiger partial charge is 0.0833 e. The Labute approximate surface area is 73.4 Å². The molecule has 0 bridgehead atoms. The first kappa shape index (κ1) is 9.96. The minimum absolute atomic E-state index is 0.0188. The third-order valence-electron chi connectivity index (χ3n) is 2.30. The Hall–Kier alpha value is -0.120. The second-order valence-corrected chi connectivity index (χ2v) is 3.34. The predicted octanol–water partition coefficient (Wildman–Crippen LogP) is 0.689. The Morgan fingerprint density at radius 1 is 1.42 bits per heavy atom. The van der Waals surface area contributed by atoms with E-state index >= 15 is 0 Å². The van der Waals surface area contributed by atoms with Gasteiger partial charge in [-0.25, -0.2) is 0 Å². The highest BCUT2D eigenvalue weighted by Crippen LogP contribution is 2.18. The predicted molar refractivity (Wildman–Crippen MR) is 45.9 cm³/mol. The number of rotatable bonds is 4. The summed E-state index contributed by atoms with van der Waals surface area (Å²) >= 11 is 0. The number of hydrogen-bond acceptors (Lipinski definition) is 3. The van der Waals surface area contributed by atoms with Crippen LogP contribution in [0.1, 0.15) is 32.1 Å². The van der Waals surface area contributed by atoms with Crippen LogP contribution in [0, 0.1) is 0 Å². The average Bonchev–Trinajstić information content (AvgIpc) is 2.15. The van der Waals surface area contributed by atoms with Crippen molar-refractivity contribution in [2.24, 2.45) is 0 Å². The van der Waals surface area contributed by atoms with Crippen molar-refractivity contribution in [3.8, 4) is 0 Å². The van der Waals surface area contributed by atoms with E-state index < -0.39 is 0 Å². The fourth-order valence-corrected chi connectivity index (χ4v) is 1.56. The minimum Gasteiger partial charge on any atom is -0.396 e. The van der Waals surface area contributed by atoms with Crippen LogP contribution in [-0.4, -0.2) is 35.6 Å². The first-order valence-electron chi connectivity index (χ1n) is 4.75. The van der Waals surface area contributed by atoms with Crippen molar-refractivity contribution in [3.63, 3.8) is 0 Å². The van der Waals surface area contributed by atoms with E-state index in [1.165, 1.54) is 0 Å². The molecule has 0 saturated carbocycles. The molecule has 3 heteroatoms. The Balaban J connectivity index is 2.15. The molecule has 2 atom stereocenters. The molecule has 1 rings (SSSR count). The van der Waals surface area contributed by atoms with Gasteiger partial charge in [-0.15, -0.1) is 0 Å². The van der Waals surface area contributed by atoms with E-state index in [-0.39, 0.29) is 18.8 Å². The van der Waals surface area contributed by atoms with E-state index in [9.17, 15) is 5.11 Å². The quantitative estimate of drug-likeness (QED) is 0.659. The maximum absolute atomic E-state index is 9.57. The second-order valence-electron chi connectivity index (χ2n) is 3.34. The lowest BCUT2D eigenvalue weighted by molar-refractivity contribution is -0.0656. The molecule has 0 aliphatic carbocycles. The molecule has 1 aliphatic heterocycles. The van der Waals surface area contributed by atoms with E-state index in [1.54, 1.807) is 0 Å². The van der Waals surface area contributed by atoms with Crippen molar-refractivity contribution in [1.29, 1.82) is 0 Å². The van der Waals surface area contributed by atoms with Gasteiger partial charge in [0.05, 0.1) is 12.2 Å². The molecule has 0 aromatic carbocycles. The molecule has 12 heavy (non-hydrogen) atoms. The molecule has 1 heterocycles. The third-order valence-corrected chi connectivity index (χ3v) is 2.30. The molecule has 72 valence electrons. The van der Waals surface area contributed by atoms with Crippen LogP contribution in [-0.2, 0) is 4.74 Å². The molecule has 1 aliphatic rings. The van der Waals surface area contributed by atoms with Gasteiger partial charge in [0.25, 0.3) is 0 Å². The molecular formula is C9H18O3. The number of ether oxygens (including phenoxy) is 1. The molecule has 0 aromatic rings. The molecule has 1 fully saturated rings. The van der Waals surface area contributed by atoms with E-state index in [2.05, 4.69) is 0 Å². The Bertz CT molecular complexity index is 110. The first-order valence-corrected chi connectivity index (χ1v) is 4.75. The third kappa shape index (κ3) is 3.09. The van der Waals surface area contributed by atoms with Gasteiger partial charge in [0.1, 0.15) is 0 Å². The molecular weight excluding hydrogens is 156 g/mol. The number of aliphatic hydroxyl groups is 2. The molecule has 0 aromatic heterocycles. The molecule has 0 spiro atoms. The molecule has 3 nitrogen and oxygen atoms in total. The van der Waals surface area contributed by atoms with E-state index in [0.717, 1.165) is 25.9 Å². The van der Waals surface area contributed by atoms with E-state index in [0.29, 0.717) is 12.8 Å². The summed E-state index contributed by atoms with van der Waals surface area (Å²) in [5.41, 5.74) is 0. The molecule has 1 saturated heterocycles. The van der Waals surface area contributed by atoms with Gasteiger partial charge in [0.2, 0.25) is 0 Å². The summed E-state index contributed by atoms with van der Waals surface area (Å²) in [6.45, 7) is 0.935. The summed E-state index contributed by atoms with van der Waals surface area (Å²) < 4.78 is 5.41. The average molecular weight is 174 g/mol. The van der Waals surface area contributed by atoms with Crippen LogP contribution in [0.5, 0.6) is 0 Å². The Morgan fingerprint density at radius 3 is 2.83 bits per heavy atom. The zero-order valence-corrected chi connectivity index (χ0v) is 7.41. The highest BCUT2D eigenvalue weighted by Gasteiger charge is 2.21. The van der Waals surface area contributed by atoms with Crippen molar-refractivity contribution in [2.45, 2.75) is 44.3 Å². The maximum atomic E-state index is 9.57. The fourth-order valence-electron chi connectivity index (χ4n) is 1.56. The summed E-state index contributed by atoms with van der Waals surface area (Å²) in [7, 11) is 0. The first-order chi connectivity index (χ1) is 5.84. The highest BCUT2D eigenvalue weighted by atomic mass is 16.5. The van der Waals surface area contributed by atoms with Gasteiger partial charge in [0, 0.05) is 13.2 Å². The van der Waals surface area contributed by atoms with Gasteiger partial charge in [-0.2, -0.15) is 0 Å². The molecule has 2 unspecified atom stereocenters. The van der Waals surface area contributed by atoms with Crippen LogP contribution in [0.2, 0.25) is 0 Å². The molecule has 0 amide bonds. The van der Waals surface area contributed by atoms with Crippen LogP contribution in [0.25, 0.3) is 0 Å².